The van der Waals surface area contributed by atoms with Crippen molar-refractivity contribution in [3.05, 3.63) is 34.8 Å². The Bertz CT molecular complexity index is 913. The summed E-state index contributed by atoms with van der Waals surface area (Å²) in [6, 6.07) is 1.91. The first-order chi connectivity index (χ1) is 13.6. The number of pyridine rings is 1. The molecule has 4 rings (SSSR count). The van der Waals surface area contributed by atoms with Gasteiger partial charge < -0.3 is 10.0 Å². The van der Waals surface area contributed by atoms with Gasteiger partial charge in [-0.2, -0.15) is 17.6 Å². The molecule has 1 aromatic heterocycles. The first-order valence-electron chi connectivity index (χ1n) is 9.56. The number of alkyl halides is 3. The number of Topliss-reactive ketones (excluding diaryl/α,β-unsaturated/α-hetero) is 1. The average molecular weight is 411 g/mol. The van der Waals surface area contributed by atoms with E-state index in [-0.39, 0.29) is 23.9 Å². The Morgan fingerprint density at radius 2 is 1.93 bits per heavy atom. The van der Waals surface area contributed by atoms with E-state index in [0.29, 0.717) is 38.9 Å². The van der Waals surface area contributed by atoms with E-state index in [1.165, 1.54) is 6.07 Å². The standard InChI is InChI=1S/C20H21F4N3O2/c1-19(29)9-13(28)8-12-10-25-17(16(12)19)11-4-6-27(7-5-11)15-3-2-14(18(21)26-15)20(22,23)24/h2-3,11,29H,4-10H2,1H3. The zero-order valence-electron chi connectivity index (χ0n) is 15.9. The van der Waals surface area contributed by atoms with Crippen LogP contribution in [0.25, 0.3) is 0 Å². The third-order valence-corrected chi connectivity index (χ3v) is 5.89. The lowest BCUT2D eigenvalue weighted by molar-refractivity contribution is -0.140. The molecule has 5 nitrogen and oxygen atoms in total. The molecule has 1 N–H and O–H groups in total. The lowest BCUT2D eigenvalue weighted by Crippen LogP contribution is -2.42. The molecule has 3 aliphatic rings. The highest BCUT2D eigenvalue weighted by Crippen LogP contribution is 2.40. The molecule has 9 heteroatoms. The van der Waals surface area contributed by atoms with Crippen LogP contribution in [0.4, 0.5) is 23.4 Å². The summed E-state index contributed by atoms with van der Waals surface area (Å²) < 4.78 is 51.9. The van der Waals surface area contributed by atoms with Crippen molar-refractivity contribution in [2.45, 2.75) is 44.4 Å². The first kappa shape index (κ1) is 20.0. The van der Waals surface area contributed by atoms with Crippen LogP contribution in [0.15, 0.2) is 28.3 Å². The maximum atomic E-state index is 13.8. The number of carbonyl (C=O) groups is 1. The Kier molecular flexibility index (Phi) is 4.76. The number of halogens is 4. The van der Waals surface area contributed by atoms with E-state index in [2.05, 4.69) is 9.98 Å². The third kappa shape index (κ3) is 3.68. The minimum Gasteiger partial charge on any atom is -0.385 e. The van der Waals surface area contributed by atoms with Crippen molar-refractivity contribution in [1.82, 2.24) is 4.98 Å². The van der Waals surface area contributed by atoms with Gasteiger partial charge >= 0.3 is 6.18 Å². The molecule has 0 saturated carbocycles. The fraction of sp³-hybridized carbons (Fsp3) is 0.550. The van der Waals surface area contributed by atoms with Crippen molar-refractivity contribution in [3.63, 3.8) is 0 Å². The second-order valence-corrected chi connectivity index (χ2v) is 8.11. The van der Waals surface area contributed by atoms with Gasteiger partial charge in [0.15, 0.2) is 0 Å². The van der Waals surface area contributed by atoms with Crippen LogP contribution in [0, 0.1) is 11.9 Å². The minimum atomic E-state index is -4.77. The quantitative estimate of drug-likeness (QED) is 0.599. The van der Waals surface area contributed by atoms with Crippen molar-refractivity contribution < 1.29 is 27.5 Å². The molecule has 0 spiro atoms. The summed E-state index contributed by atoms with van der Waals surface area (Å²) in [7, 11) is 0. The smallest absolute Gasteiger partial charge is 0.385 e. The van der Waals surface area contributed by atoms with Crippen LogP contribution >= 0.6 is 0 Å². The van der Waals surface area contributed by atoms with Crippen LogP contribution in [0.5, 0.6) is 0 Å². The molecule has 3 heterocycles. The molecule has 1 saturated heterocycles. The molecule has 0 amide bonds. The van der Waals surface area contributed by atoms with E-state index >= 15 is 0 Å². The van der Waals surface area contributed by atoms with Gasteiger partial charge in [-0.1, -0.05) is 0 Å². The fourth-order valence-electron chi connectivity index (χ4n) is 4.62. The highest BCUT2D eigenvalue weighted by Gasteiger charge is 2.43. The zero-order valence-corrected chi connectivity index (χ0v) is 15.9. The van der Waals surface area contributed by atoms with Gasteiger partial charge in [-0.3, -0.25) is 9.79 Å². The summed E-state index contributed by atoms with van der Waals surface area (Å²) in [5.41, 5.74) is -0.0759. The van der Waals surface area contributed by atoms with Gasteiger partial charge in [0.2, 0.25) is 5.95 Å². The van der Waals surface area contributed by atoms with Crippen LogP contribution in [-0.2, 0) is 11.0 Å². The van der Waals surface area contributed by atoms with Crippen molar-refractivity contribution in [1.29, 1.82) is 0 Å². The van der Waals surface area contributed by atoms with E-state index in [0.717, 1.165) is 22.9 Å². The Morgan fingerprint density at radius 3 is 2.55 bits per heavy atom. The predicted molar refractivity (Wildman–Crippen MR) is 98.3 cm³/mol. The van der Waals surface area contributed by atoms with E-state index in [1.807, 2.05) is 0 Å². The lowest BCUT2D eigenvalue weighted by Gasteiger charge is -2.37. The minimum absolute atomic E-state index is 0.00965. The molecule has 1 aliphatic carbocycles. The summed E-state index contributed by atoms with van der Waals surface area (Å²) in [4.78, 5) is 21.7. The third-order valence-electron chi connectivity index (χ3n) is 5.89. The topological polar surface area (TPSA) is 65.8 Å². The van der Waals surface area contributed by atoms with Gasteiger partial charge in [-0.25, -0.2) is 4.98 Å². The van der Waals surface area contributed by atoms with Gasteiger partial charge in [-0.15, -0.1) is 0 Å². The number of aromatic nitrogens is 1. The summed E-state index contributed by atoms with van der Waals surface area (Å²) in [6.07, 6.45) is -3.05. The maximum Gasteiger partial charge on any atom is 0.420 e. The second kappa shape index (κ2) is 6.90. The highest BCUT2D eigenvalue weighted by atomic mass is 19.4. The summed E-state index contributed by atoms with van der Waals surface area (Å²) in [6.45, 7) is 3.05. The SMILES string of the molecule is CC1(O)CC(=O)CC2=C1C(C1CCN(c3ccc(C(F)(F)F)c(F)n3)CC1)=NC2. The van der Waals surface area contributed by atoms with E-state index in [9.17, 15) is 27.5 Å². The molecular formula is C20H21F4N3O2. The Balaban J connectivity index is 1.47. The number of nitrogens with zero attached hydrogens (tertiary/aromatic N) is 3. The van der Waals surface area contributed by atoms with E-state index in [1.54, 1.807) is 11.8 Å². The first-order valence-corrected chi connectivity index (χ1v) is 9.56. The lowest BCUT2D eigenvalue weighted by atomic mass is 9.74. The molecule has 156 valence electrons. The maximum absolute atomic E-state index is 13.8. The summed E-state index contributed by atoms with van der Waals surface area (Å²) >= 11 is 0. The number of hydrogen-bond donors (Lipinski definition) is 1. The molecule has 2 aliphatic heterocycles. The van der Waals surface area contributed by atoms with Crippen LogP contribution in [-0.4, -0.2) is 46.8 Å². The zero-order chi connectivity index (χ0) is 21.0. The molecule has 1 fully saturated rings. The molecule has 1 aromatic rings. The Hall–Kier alpha value is -2.29. The fourth-order valence-corrected chi connectivity index (χ4v) is 4.62. The number of carbonyl (C=O) groups excluding carboxylic acids is 1. The van der Waals surface area contributed by atoms with Gasteiger partial charge in [0, 0.05) is 43.1 Å². The van der Waals surface area contributed by atoms with Crippen molar-refractivity contribution in [2.24, 2.45) is 10.9 Å². The second-order valence-electron chi connectivity index (χ2n) is 8.11. The van der Waals surface area contributed by atoms with Crippen molar-refractivity contribution >= 4 is 17.3 Å². The molecular weight excluding hydrogens is 390 g/mol. The number of rotatable bonds is 2. The normalized spacial score (nSPS) is 26.1. The number of anilines is 1. The van der Waals surface area contributed by atoms with Gasteiger partial charge in [0.25, 0.3) is 0 Å². The number of aliphatic imine (C=N–C) groups is 1. The van der Waals surface area contributed by atoms with Crippen LogP contribution in [0.2, 0.25) is 0 Å². The number of ketones is 1. The molecule has 0 radical (unpaired) electrons. The van der Waals surface area contributed by atoms with Crippen LogP contribution < -0.4 is 4.90 Å². The van der Waals surface area contributed by atoms with Gasteiger partial charge in [-0.05, 0) is 37.5 Å². The van der Waals surface area contributed by atoms with Crippen LogP contribution in [0.1, 0.15) is 38.2 Å². The van der Waals surface area contributed by atoms with Crippen LogP contribution in [0.3, 0.4) is 0 Å². The average Bonchev–Trinajstić information content (AvgIpc) is 3.05. The molecule has 29 heavy (non-hydrogen) atoms. The summed E-state index contributed by atoms with van der Waals surface area (Å²) in [5.74, 6) is -1.25. The Morgan fingerprint density at radius 1 is 1.24 bits per heavy atom. The summed E-state index contributed by atoms with van der Waals surface area (Å²) in [5, 5.41) is 10.8. The number of piperidine rings is 1. The van der Waals surface area contributed by atoms with Gasteiger partial charge in [0.05, 0.1) is 12.1 Å². The van der Waals surface area contributed by atoms with E-state index < -0.39 is 23.3 Å². The largest absolute Gasteiger partial charge is 0.420 e. The van der Waals surface area contributed by atoms with Crippen molar-refractivity contribution in [2.75, 3.05) is 24.5 Å². The van der Waals surface area contributed by atoms with E-state index in [4.69, 9.17) is 0 Å². The molecule has 0 aromatic carbocycles. The Labute approximate surface area is 165 Å². The predicted octanol–water partition coefficient (Wildman–Crippen LogP) is 3.32. The highest BCUT2D eigenvalue weighted by molar-refractivity contribution is 6.08. The van der Waals surface area contributed by atoms with Gasteiger partial charge in [0.1, 0.15) is 17.2 Å². The number of aliphatic hydroxyl groups is 1. The number of hydrogen-bond acceptors (Lipinski definition) is 5. The van der Waals surface area contributed by atoms with Crippen molar-refractivity contribution in [3.8, 4) is 0 Å². The molecule has 0 bridgehead atoms. The monoisotopic (exact) mass is 411 g/mol. The molecule has 1 unspecified atom stereocenters. The molecule has 1 atom stereocenters.